The molecule has 0 bridgehead atoms. The first-order valence-electron chi connectivity index (χ1n) is 5.76. The van der Waals surface area contributed by atoms with Crippen molar-refractivity contribution < 1.29 is 4.39 Å². The van der Waals surface area contributed by atoms with Crippen molar-refractivity contribution in [2.75, 3.05) is 0 Å². The third-order valence-electron chi connectivity index (χ3n) is 3.14. The van der Waals surface area contributed by atoms with Crippen LogP contribution in [0.15, 0.2) is 34.8 Å². The highest BCUT2D eigenvalue weighted by atomic mass is 79.9. The highest BCUT2D eigenvalue weighted by Crippen LogP contribution is 2.38. The van der Waals surface area contributed by atoms with E-state index in [2.05, 4.69) is 15.9 Å². The summed E-state index contributed by atoms with van der Waals surface area (Å²) in [7, 11) is 0. The molecule has 0 aliphatic carbocycles. The SMILES string of the molecule is Cc1cc(Cl)c(C(Cl)c2cccc(F)c2Br)cc1C. The van der Waals surface area contributed by atoms with Gasteiger partial charge in [-0.2, -0.15) is 0 Å². The Morgan fingerprint density at radius 3 is 2.42 bits per heavy atom. The fourth-order valence-corrected chi connectivity index (χ4v) is 3.25. The van der Waals surface area contributed by atoms with E-state index in [9.17, 15) is 4.39 Å². The predicted octanol–water partition coefficient (Wildman–Crippen LogP) is 6.19. The standard InChI is InChI=1S/C15H12BrCl2F/c1-8-6-11(12(17)7-9(8)2)15(18)10-4-3-5-13(19)14(10)16/h3-7,15H,1-2H3. The average Bonchev–Trinajstić information content (AvgIpc) is 2.36. The Kier molecular flexibility index (Phi) is 4.54. The van der Waals surface area contributed by atoms with Crippen LogP contribution in [0.2, 0.25) is 5.02 Å². The maximum Gasteiger partial charge on any atom is 0.137 e. The molecule has 19 heavy (non-hydrogen) atoms. The van der Waals surface area contributed by atoms with Gasteiger partial charge in [-0.1, -0.05) is 29.8 Å². The molecular weight excluding hydrogens is 350 g/mol. The van der Waals surface area contributed by atoms with Gasteiger partial charge in [-0.25, -0.2) is 4.39 Å². The van der Waals surface area contributed by atoms with Crippen LogP contribution in [0.5, 0.6) is 0 Å². The van der Waals surface area contributed by atoms with Crippen molar-refractivity contribution in [1.82, 2.24) is 0 Å². The van der Waals surface area contributed by atoms with Crippen LogP contribution in [0.3, 0.4) is 0 Å². The Morgan fingerprint density at radius 2 is 1.74 bits per heavy atom. The van der Waals surface area contributed by atoms with E-state index in [0.717, 1.165) is 16.7 Å². The second-order valence-corrected chi connectivity index (χ2v) is 6.10. The number of aryl methyl sites for hydroxylation is 2. The summed E-state index contributed by atoms with van der Waals surface area (Å²) in [6, 6.07) is 8.65. The van der Waals surface area contributed by atoms with Crippen molar-refractivity contribution >= 4 is 39.1 Å². The number of rotatable bonds is 2. The van der Waals surface area contributed by atoms with Crippen LogP contribution in [-0.2, 0) is 0 Å². The number of benzene rings is 2. The molecule has 2 rings (SSSR count). The smallest absolute Gasteiger partial charge is 0.137 e. The maximum atomic E-state index is 13.6. The van der Waals surface area contributed by atoms with Gasteiger partial charge in [0.15, 0.2) is 0 Å². The number of alkyl halides is 1. The minimum absolute atomic E-state index is 0.330. The van der Waals surface area contributed by atoms with E-state index in [-0.39, 0.29) is 5.82 Å². The maximum absolute atomic E-state index is 13.6. The van der Waals surface area contributed by atoms with E-state index >= 15 is 0 Å². The van der Waals surface area contributed by atoms with Crippen molar-refractivity contribution in [3.63, 3.8) is 0 Å². The van der Waals surface area contributed by atoms with Gasteiger partial charge in [0.25, 0.3) is 0 Å². The molecule has 0 nitrogen and oxygen atoms in total. The third-order valence-corrected chi connectivity index (χ3v) is 4.77. The van der Waals surface area contributed by atoms with Crippen LogP contribution < -0.4 is 0 Å². The third kappa shape index (κ3) is 2.96. The van der Waals surface area contributed by atoms with Gasteiger partial charge in [-0.15, -0.1) is 11.6 Å². The van der Waals surface area contributed by atoms with Gasteiger partial charge >= 0.3 is 0 Å². The minimum atomic E-state index is -0.489. The minimum Gasteiger partial charge on any atom is -0.206 e. The van der Waals surface area contributed by atoms with Crippen LogP contribution in [0.1, 0.15) is 27.6 Å². The van der Waals surface area contributed by atoms with Gasteiger partial charge in [-0.3, -0.25) is 0 Å². The van der Waals surface area contributed by atoms with Gasteiger partial charge in [0.2, 0.25) is 0 Å². The van der Waals surface area contributed by atoms with Gasteiger partial charge in [0.05, 0.1) is 9.85 Å². The number of hydrogen-bond donors (Lipinski definition) is 0. The highest BCUT2D eigenvalue weighted by Gasteiger charge is 2.19. The molecule has 2 aromatic carbocycles. The van der Waals surface area contributed by atoms with Crippen LogP contribution in [0, 0.1) is 19.7 Å². The molecule has 0 fully saturated rings. The van der Waals surface area contributed by atoms with Crippen molar-refractivity contribution in [2.24, 2.45) is 0 Å². The van der Waals surface area contributed by atoms with Crippen molar-refractivity contribution in [2.45, 2.75) is 19.2 Å². The molecule has 100 valence electrons. The first-order valence-corrected chi connectivity index (χ1v) is 7.37. The Labute approximate surface area is 130 Å². The quantitative estimate of drug-likeness (QED) is 0.559. The van der Waals surface area contributed by atoms with E-state index < -0.39 is 5.38 Å². The van der Waals surface area contributed by atoms with Gasteiger partial charge in [-0.05, 0) is 64.2 Å². The summed E-state index contributed by atoms with van der Waals surface area (Å²) in [5.41, 5.74) is 3.68. The Morgan fingerprint density at radius 1 is 1.11 bits per heavy atom. The van der Waals surface area contributed by atoms with E-state index in [1.165, 1.54) is 6.07 Å². The molecule has 4 heteroatoms. The highest BCUT2D eigenvalue weighted by molar-refractivity contribution is 9.10. The summed E-state index contributed by atoms with van der Waals surface area (Å²) in [4.78, 5) is 0. The summed E-state index contributed by atoms with van der Waals surface area (Å²) in [5.74, 6) is -0.330. The molecule has 0 spiro atoms. The predicted molar refractivity (Wildman–Crippen MR) is 82.7 cm³/mol. The Bertz CT molecular complexity index is 626. The van der Waals surface area contributed by atoms with Crippen molar-refractivity contribution in [3.8, 4) is 0 Å². The van der Waals surface area contributed by atoms with E-state index in [1.807, 2.05) is 26.0 Å². The fraction of sp³-hybridized carbons (Fsp3) is 0.200. The largest absolute Gasteiger partial charge is 0.206 e. The summed E-state index contributed by atoms with van der Waals surface area (Å²) in [5, 5.41) is 0.108. The van der Waals surface area contributed by atoms with Crippen LogP contribution in [-0.4, -0.2) is 0 Å². The lowest BCUT2D eigenvalue weighted by Crippen LogP contribution is -1.99. The fourth-order valence-electron chi connectivity index (χ4n) is 1.88. The zero-order valence-electron chi connectivity index (χ0n) is 10.5. The molecule has 0 radical (unpaired) electrons. The molecule has 0 saturated carbocycles. The molecule has 1 unspecified atom stereocenters. The molecule has 1 atom stereocenters. The van der Waals surface area contributed by atoms with Crippen LogP contribution >= 0.6 is 39.1 Å². The van der Waals surface area contributed by atoms with Crippen LogP contribution in [0.4, 0.5) is 4.39 Å². The second-order valence-electron chi connectivity index (χ2n) is 4.46. The Balaban J connectivity index is 2.53. The van der Waals surface area contributed by atoms with Gasteiger partial charge in [0, 0.05) is 5.02 Å². The molecular formula is C15H12BrCl2F. The monoisotopic (exact) mass is 360 g/mol. The molecule has 0 N–H and O–H groups in total. The lowest BCUT2D eigenvalue weighted by atomic mass is 10.00. The first kappa shape index (κ1) is 14.8. The molecule has 0 saturated heterocycles. The zero-order chi connectivity index (χ0) is 14.2. The van der Waals surface area contributed by atoms with Crippen molar-refractivity contribution in [3.05, 3.63) is 67.9 Å². The van der Waals surface area contributed by atoms with Gasteiger partial charge < -0.3 is 0 Å². The Hall–Kier alpha value is -0.570. The lowest BCUT2D eigenvalue weighted by molar-refractivity contribution is 0.618. The van der Waals surface area contributed by atoms with Crippen LogP contribution in [0.25, 0.3) is 0 Å². The molecule has 0 heterocycles. The summed E-state index contributed by atoms with van der Waals surface area (Å²) in [6.07, 6.45) is 0. The average molecular weight is 362 g/mol. The summed E-state index contributed by atoms with van der Waals surface area (Å²) >= 11 is 15.9. The number of halogens is 4. The van der Waals surface area contributed by atoms with Gasteiger partial charge in [0.1, 0.15) is 5.82 Å². The zero-order valence-corrected chi connectivity index (χ0v) is 13.6. The lowest BCUT2D eigenvalue weighted by Gasteiger charge is -2.16. The van der Waals surface area contributed by atoms with E-state index in [1.54, 1.807) is 12.1 Å². The molecule has 0 aromatic heterocycles. The normalized spacial score (nSPS) is 12.5. The topological polar surface area (TPSA) is 0 Å². The molecule has 2 aromatic rings. The summed E-state index contributed by atoms with van der Waals surface area (Å²) in [6.45, 7) is 3.99. The molecule has 0 amide bonds. The molecule has 0 aliphatic heterocycles. The van der Waals surface area contributed by atoms with Crippen molar-refractivity contribution in [1.29, 1.82) is 0 Å². The number of hydrogen-bond acceptors (Lipinski definition) is 0. The first-order chi connectivity index (χ1) is 8.91. The van der Waals surface area contributed by atoms with E-state index in [4.69, 9.17) is 23.2 Å². The molecule has 0 aliphatic rings. The van der Waals surface area contributed by atoms with E-state index in [0.29, 0.717) is 15.1 Å². The summed E-state index contributed by atoms with van der Waals surface area (Å²) < 4.78 is 13.9. The second kappa shape index (κ2) is 5.82.